The van der Waals surface area contributed by atoms with Gasteiger partial charge in [-0.25, -0.2) is 9.97 Å². The molecule has 0 spiro atoms. The lowest BCUT2D eigenvalue weighted by molar-refractivity contribution is -0.137. The monoisotopic (exact) mass is 382 g/mol. The lowest BCUT2D eigenvalue weighted by Gasteiger charge is -2.39. The summed E-state index contributed by atoms with van der Waals surface area (Å²) in [6, 6.07) is 6.37. The zero-order chi connectivity index (χ0) is 19.7. The van der Waals surface area contributed by atoms with Gasteiger partial charge in [-0.2, -0.15) is 0 Å². The van der Waals surface area contributed by atoms with Crippen molar-refractivity contribution >= 4 is 28.3 Å². The molecule has 3 heterocycles. The fourth-order valence-electron chi connectivity index (χ4n) is 4.40. The van der Waals surface area contributed by atoms with Gasteiger partial charge in [0.1, 0.15) is 12.1 Å². The zero-order valence-corrected chi connectivity index (χ0v) is 17.1. The van der Waals surface area contributed by atoms with Gasteiger partial charge in [-0.1, -0.05) is 0 Å². The first-order chi connectivity index (χ1) is 13.5. The Morgan fingerprint density at radius 2 is 1.89 bits per heavy atom. The number of piperidine rings is 1. The summed E-state index contributed by atoms with van der Waals surface area (Å²) in [6.07, 6.45) is 3.77. The van der Waals surface area contributed by atoms with E-state index in [1.807, 2.05) is 19.0 Å². The second kappa shape index (κ2) is 7.91. The van der Waals surface area contributed by atoms with Gasteiger partial charge in [0.2, 0.25) is 5.91 Å². The highest BCUT2D eigenvalue weighted by molar-refractivity contribution is 5.91. The summed E-state index contributed by atoms with van der Waals surface area (Å²) in [5.41, 5.74) is 2.13. The lowest BCUT2D eigenvalue weighted by Crippen LogP contribution is -2.52. The van der Waals surface area contributed by atoms with Gasteiger partial charge in [0.05, 0.1) is 11.4 Å². The van der Waals surface area contributed by atoms with Gasteiger partial charge in [0.25, 0.3) is 0 Å². The quantitative estimate of drug-likeness (QED) is 0.805. The minimum absolute atomic E-state index is 0.172. The molecule has 150 valence electrons. The first-order valence-electron chi connectivity index (χ1n) is 10.2. The predicted molar refractivity (Wildman–Crippen MR) is 113 cm³/mol. The second-order valence-corrected chi connectivity index (χ2v) is 8.21. The molecule has 1 amide bonds. The Bertz CT molecular complexity index is 846. The Hall–Kier alpha value is -2.41. The lowest BCUT2D eigenvalue weighted by atomic mass is 9.96. The number of amides is 1. The highest BCUT2D eigenvalue weighted by Crippen LogP contribution is 2.27. The number of carbonyl (C=O) groups is 1. The largest absolute Gasteiger partial charge is 0.368 e. The van der Waals surface area contributed by atoms with Crippen molar-refractivity contribution in [1.29, 1.82) is 0 Å². The van der Waals surface area contributed by atoms with Crippen molar-refractivity contribution in [2.75, 3.05) is 70.2 Å². The molecular formula is C21H30N6O. The van der Waals surface area contributed by atoms with Crippen LogP contribution in [-0.4, -0.2) is 86.1 Å². The molecular weight excluding hydrogens is 352 g/mol. The number of benzene rings is 1. The SMILES string of the molecule is CN1CCCC(C(=O)N2CCN(c3ccc4ncnc(N(C)C)c4c3)CC2)C1. The first kappa shape index (κ1) is 18.9. The third-order valence-electron chi connectivity index (χ3n) is 5.95. The molecule has 0 saturated carbocycles. The van der Waals surface area contributed by atoms with Gasteiger partial charge >= 0.3 is 0 Å². The Morgan fingerprint density at radius 3 is 2.61 bits per heavy atom. The molecule has 2 aliphatic rings. The van der Waals surface area contributed by atoms with Crippen LogP contribution in [0.25, 0.3) is 10.9 Å². The standard InChI is InChI=1S/C21H30N6O/c1-24(2)20-18-13-17(6-7-19(18)22-15-23-20)26-9-11-27(12-10-26)21(28)16-5-4-8-25(3)14-16/h6-7,13,15-16H,4-5,8-12,14H2,1-3H3. The third kappa shape index (κ3) is 3.76. The van der Waals surface area contributed by atoms with Crippen molar-refractivity contribution in [3.63, 3.8) is 0 Å². The molecule has 2 saturated heterocycles. The van der Waals surface area contributed by atoms with Crippen LogP contribution in [0.4, 0.5) is 11.5 Å². The molecule has 1 aromatic heterocycles. The summed E-state index contributed by atoms with van der Waals surface area (Å²) < 4.78 is 0. The van der Waals surface area contributed by atoms with Crippen LogP contribution in [0.5, 0.6) is 0 Å². The average molecular weight is 383 g/mol. The number of fused-ring (bicyclic) bond motifs is 1. The molecule has 0 aliphatic carbocycles. The summed E-state index contributed by atoms with van der Waals surface area (Å²) in [6.45, 7) is 5.33. The summed E-state index contributed by atoms with van der Waals surface area (Å²) in [5.74, 6) is 1.45. The maximum absolute atomic E-state index is 12.9. The second-order valence-electron chi connectivity index (χ2n) is 8.21. The minimum Gasteiger partial charge on any atom is -0.368 e. The molecule has 28 heavy (non-hydrogen) atoms. The molecule has 2 aromatic rings. The van der Waals surface area contributed by atoms with Crippen LogP contribution in [0.1, 0.15) is 12.8 Å². The Labute approximate surface area is 166 Å². The zero-order valence-electron chi connectivity index (χ0n) is 17.1. The van der Waals surface area contributed by atoms with Crippen LogP contribution in [0.3, 0.4) is 0 Å². The number of piperazine rings is 1. The molecule has 7 nitrogen and oxygen atoms in total. The number of hydrogen-bond acceptors (Lipinski definition) is 6. The van der Waals surface area contributed by atoms with Crippen LogP contribution in [-0.2, 0) is 4.79 Å². The number of aromatic nitrogens is 2. The van der Waals surface area contributed by atoms with E-state index in [1.54, 1.807) is 6.33 Å². The Balaban J connectivity index is 1.45. The van der Waals surface area contributed by atoms with E-state index >= 15 is 0 Å². The van der Waals surface area contributed by atoms with E-state index in [2.05, 4.69) is 49.9 Å². The van der Waals surface area contributed by atoms with E-state index in [0.717, 1.165) is 68.8 Å². The van der Waals surface area contributed by atoms with Crippen molar-refractivity contribution in [3.05, 3.63) is 24.5 Å². The summed E-state index contributed by atoms with van der Waals surface area (Å²) in [4.78, 5) is 30.4. The van der Waals surface area contributed by atoms with E-state index in [1.165, 1.54) is 5.69 Å². The average Bonchev–Trinajstić information content (AvgIpc) is 2.72. The van der Waals surface area contributed by atoms with Gasteiger partial charge < -0.3 is 19.6 Å². The van der Waals surface area contributed by atoms with Gasteiger partial charge in [0, 0.05) is 57.9 Å². The summed E-state index contributed by atoms with van der Waals surface area (Å²) >= 11 is 0. The normalized spacial score (nSPS) is 21.2. The summed E-state index contributed by atoms with van der Waals surface area (Å²) in [5, 5.41) is 1.06. The van der Waals surface area contributed by atoms with Crippen LogP contribution in [0, 0.1) is 5.92 Å². The Kier molecular flexibility index (Phi) is 5.35. The van der Waals surface area contributed by atoms with E-state index in [9.17, 15) is 4.79 Å². The molecule has 1 atom stereocenters. The number of anilines is 2. The van der Waals surface area contributed by atoms with Gasteiger partial charge in [-0.05, 0) is 44.6 Å². The Morgan fingerprint density at radius 1 is 1.11 bits per heavy atom. The molecule has 0 bridgehead atoms. The molecule has 1 unspecified atom stereocenters. The topological polar surface area (TPSA) is 55.8 Å². The van der Waals surface area contributed by atoms with E-state index in [0.29, 0.717) is 5.91 Å². The molecule has 4 rings (SSSR count). The highest BCUT2D eigenvalue weighted by Gasteiger charge is 2.30. The van der Waals surface area contributed by atoms with E-state index in [-0.39, 0.29) is 5.92 Å². The molecule has 0 radical (unpaired) electrons. The van der Waals surface area contributed by atoms with Crippen LogP contribution in [0.2, 0.25) is 0 Å². The number of nitrogens with zero attached hydrogens (tertiary/aromatic N) is 6. The number of rotatable bonds is 3. The third-order valence-corrected chi connectivity index (χ3v) is 5.95. The van der Waals surface area contributed by atoms with Gasteiger partial charge in [-0.3, -0.25) is 4.79 Å². The van der Waals surface area contributed by atoms with Crippen molar-refractivity contribution in [3.8, 4) is 0 Å². The molecule has 2 aliphatic heterocycles. The van der Waals surface area contributed by atoms with Crippen LogP contribution >= 0.6 is 0 Å². The minimum atomic E-state index is 0.172. The number of hydrogen-bond donors (Lipinski definition) is 0. The van der Waals surface area contributed by atoms with Crippen molar-refractivity contribution in [2.45, 2.75) is 12.8 Å². The van der Waals surface area contributed by atoms with E-state index < -0.39 is 0 Å². The first-order valence-corrected chi connectivity index (χ1v) is 10.2. The van der Waals surface area contributed by atoms with Crippen LogP contribution in [0.15, 0.2) is 24.5 Å². The summed E-state index contributed by atoms with van der Waals surface area (Å²) in [7, 11) is 6.12. The smallest absolute Gasteiger partial charge is 0.227 e. The fraction of sp³-hybridized carbons (Fsp3) is 0.571. The molecule has 1 aromatic carbocycles. The molecule has 7 heteroatoms. The molecule has 0 N–H and O–H groups in total. The van der Waals surface area contributed by atoms with Crippen molar-refractivity contribution < 1.29 is 4.79 Å². The highest BCUT2D eigenvalue weighted by atomic mass is 16.2. The number of carbonyl (C=O) groups excluding carboxylic acids is 1. The van der Waals surface area contributed by atoms with Gasteiger partial charge in [-0.15, -0.1) is 0 Å². The predicted octanol–water partition coefficient (Wildman–Crippen LogP) is 1.69. The fourth-order valence-corrected chi connectivity index (χ4v) is 4.40. The van der Waals surface area contributed by atoms with Crippen LogP contribution < -0.4 is 9.80 Å². The van der Waals surface area contributed by atoms with Crippen molar-refractivity contribution in [2.24, 2.45) is 5.92 Å². The van der Waals surface area contributed by atoms with Gasteiger partial charge in [0.15, 0.2) is 0 Å². The maximum Gasteiger partial charge on any atom is 0.227 e. The van der Waals surface area contributed by atoms with E-state index in [4.69, 9.17) is 0 Å². The molecule has 2 fully saturated rings. The number of likely N-dealkylation sites (tertiary alicyclic amines) is 1. The van der Waals surface area contributed by atoms with Crippen molar-refractivity contribution in [1.82, 2.24) is 19.8 Å². The maximum atomic E-state index is 12.9.